The standard InChI is InChI=1S/C26H32Si/c1-27(2,25-17-16-20-12-6-8-14-22(20)25)26-23-15-9-7-13-21(23)18-24(26)19-10-4-3-5-11-19/h3-15,20-26H,16-18H2,1-2H3. The molecule has 0 N–H and O–H groups in total. The number of allylic oxidation sites excluding steroid dienone is 8. The predicted molar refractivity (Wildman–Crippen MR) is 119 cm³/mol. The number of hydrogen-bond acceptors (Lipinski definition) is 0. The van der Waals surface area contributed by atoms with Crippen LogP contribution < -0.4 is 0 Å². The summed E-state index contributed by atoms with van der Waals surface area (Å²) in [6.45, 7) is 5.47. The van der Waals surface area contributed by atoms with E-state index in [1.807, 2.05) is 0 Å². The third-order valence-corrected chi connectivity index (χ3v) is 13.4. The lowest BCUT2D eigenvalue weighted by Gasteiger charge is -2.44. The summed E-state index contributed by atoms with van der Waals surface area (Å²) >= 11 is 0. The van der Waals surface area contributed by atoms with Crippen LogP contribution in [-0.2, 0) is 0 Å². The molecule has 0 heterocycles. The fraction of sp³-hybridized carbons (Fsp3) is 0.462. The van der Waals surface area contributed by atoms with E-state index in [2.05, 4.69) is 92.0 Å². The largest absolute Gasteiger partial charge is 0.0808 e. The maximum Gasteiger partial charge on any atom is 0.0554 e. The highest BCUT2D eigenvalue weighted by molar-refractivity contribution is 6.80. The summed E-state index contributed by atoms with van der Waals surface area (Å²) in [5.41, 5.74) is 3.38. The average molecular weight is 373 g/mol. The second-order valence-electron chi connectivity index (χ2n) is 9.81. The van der Waals surface area contributed by atoms with Crippen LogP contribution in [0.25, 0.3) is 0 Å². The Morgan fingerprint density at radius 2 is 1.41 bits per heavy atom. The van der Waals surface area contributed by atoms with Crippen LogP contribution >= 0.6 is 0 Å². The molecule has 7 atom stereocenters. The van der Waals surface area contributed by atoms with Gasteiger partial charge >= 0.3 is 0 Å². The van der Waals surface area contributed by atoms with E-state index in [0.717, 1.165) is 40.7 Å². The molecule has 0 aromatic heterocycles. The lowest BCUT2D eigenvalue weighted by Crippen LogP contribution is -2.44. The quantitative estimate of drug-likeness (QED) is 0.495. The minimum atomic E-state index is -1.47. The van der Waals surface area contributed by atoms with Crippen molar-refractivity contribution in [1.82, 2.24) is 0 Å². The third-order valence-electron chi connectivity index (χ3n) is 8.29. The van der Waals surface area contributed by atoms with E-state index in [9.17, 15) is 0 Å². The van der Waals surface area contributed by atoms with Crippen LogP contribution in [-0.4, -0.2) is 8.07 Å². The SMILES string of the molecule is C[Si](C)(C1CCC2C=CC=CC21)C1C(c2ccccc2)CC2C=CC=CC21. The van der Waals surface area contributed by atoms with E-state index < -0.39 is 8.07 Å². The topological polar surface area (TPSA) is 0 Å². The van der Waals surface area contributed by atoms with Gasteiger partial charge in [0.05, 0.1) is 8.07 Å². The minimum absolute atomic E-state index is 0.734. The van der Waals surface area contributed by atoms with Crippen LogP contribution in [0.2, 0.25) is 24.2 Å². The predicted octanol–water partition coefficient (Wildman–Crippen LogP) is 7.13. The molecule has 2 saturated carbocycles. The van der Waals surface area contributed by atoms with Gasteiger partial charge in [-0.3, -0.25) is 0 Å². The summed E-state index contributed by atoms with van der Waals surface area (Å²) in [6.07, 6.45) is 23.5. The maximum absolute atomic E-state index is 2.74. The Bertz CT molecular complexity index is 797. The zero-order valence-corrected chi connectivity index (χ0v) is 17.7. The fourth-order valence-electron chi connectivity index (χ4n) is 7.13. The van der Waals surface area contributed by atoms with E-state index in [1.54, 1.807) is 5.56 Å². The number of hydrogen-bond donors (Lipinski definition) is 0. The van der Waals surface area contributed by atoms with Gasteiger partial charge in [0.1, 0.15) is 0 Å². The Labute approximate surface area is 165 Å². The van der Waals surface area contributed by atoms with Crippen molar-refractivity contribution in [1.29, 1.82) is 0 Å². The van der Waals surface area contributed by atoms with Crippen molar-refractivity contribution >= 4 is 8.07 Å². The van der Waals surface area contributed by atoms with Crippen LogP contribution in [0.1, 0.15) is 30.7 Å². The van der Waals surface area contributed by atoms with Crippen LogP contribution in [0.3, 0.4) is 0 Å². The first-order chi connectivity index (χ1) is 13.2. The van der Waals surface area contributed by atoms with Crippen molar-refractivity contribution in [2.45, 2.75) is 49.4 Å². The summed E-state index contributed by atoms with van der Waals surface area (Å²) in [6, 6.07) is 11.5. The smallest absolute Gasteiger partial charge is 0.0554 e. The molecule has 5 rings (SSSR count). The van der Waals surface area contributed by atoms with Gasteiger partial charge in [0.2, 0.25) is 0 Å². The summed E-state index contributed by atoms with van der Waals surface area (Å²) in [5, 5.41) is 0. The third kappa shape index (κ3) is 2.86. The zero-order valence-electron chi connectivity index (χ0n) is 16.7. The summed E-state index contributed by atoms with van der Waals surface area (Å²) < 4.78 is 0. The van der Waals surface area contributed by atoms with Gasteiger partial charge in [0, 0.05) is 0 Å². The molecule has 4 aliphatic carbocycles. The highest BCUT2D eigenvalue weighted by Gasteiger charge is 2.55. The van der Waals surface area contributed by atoms with E-state index in [0.29, 0.717) is 0 Å². The van der Waals surface area contributed by atoms with E-state index in [1.165, 1.54) is 19.3 Å². The average Bonchev–Trinajstić information content (AvgIpc) is 3.31. The first-order valence-electron chi connectivity index (χ1n) is 10.9. The Hall–Kier alpha value is -1.60. The van der Waals surface area contributed by atoms with Gasteiger partial charge in [-0.1, -0.05) is 98.5 Å². The molecule has 27 heavy (non-hydrogen) atoms. The Morgan fingerprint density at radius 3 is 2.19 bits per heavy atom. The molecular formula is C26H32Si. The molecule has 0 aliphatic heterocycles. The van der Waals surface area contributed by atoms with E-state index in [4.69, 9.17) is 0 Å². The molecule has 0 amide bonds. The summed E-state index contributed by atoms with van der Waals surface area (Å²) in [4.78, 5) is 0. The first-order valence-corrected chi connectivity index (χ1v) is 14.1. The highest BCUT2D eigenvalue weighted by Crippen LogP contribution is 2.63. The molecule has 0 saturated heterocycles. The number of fused-ring (bicyclic) bond motifs is 2. The van der Waals surface area contributed by atoms with Gasteiger partial charge in [-0.15, -0.1) is 0 Å². The minimum Gasteiger partial charge on any atom is -0.0808 e. The molecule has 4 aliphatic rings. The van der Waals surface area contributed by atoms with Crippen LogP contribution in [0.4, 0.5) is 0 Å². The molecule has 1 heteroatoms. The maximum atomic E-state index is 2.74. The normalized spacial score (nSPS) is 39.6. The monoisotopic (exact) mass is 372 g/mol. The highest BCUT2D eigenvalue weighted by atomic mass is 28.3. The molecular weight excluding hydrogens is 340 g/mol. The van der Waals surface area contributed by atoms with Crippen molar-refractivity contribution < 1.29 is 0 Å². The molecule has 0 radical (unpaired) electrons. The first kappa shape index (κ1) is 17.5. The Kier molecular flexibility index (Phi) is 4.39. The van der Waals surface area contributed by atoms with Crippen LogP contribution in [0, 0.1) is 23.7 Å². The number of benzene rings is 1. The van der Waals surface area contributed by atoms with Gasteiger partial charge in [0.25, 0.3) is 0 Å². The fourth-order valence-corrected chi connectivity index (χ4v) is 12.6. The lowest BCUT2D eigenvalue weighted by atomic mass is 9.91. The Balaban J connectivity index is 1.53. The summed E-state index contributed by atoms with van der Waals surface area (Å²) in [7, 11) is -1.47. The van der Waals surface area contributed by atoms with Crippen LogP contribution in [0.15, 0.2) is 78.9 Å². The Morgan fingerprint density at radius 1 is 0.741 bits per heavy atom. The second kappa shape index (κ2) is 6.78. The molecule has 0 nitrogen and oxygen atoms in total. The molecule has 2 fully saturated rings. The number of rotatable bonds is 3. The van der Waals surface area contributed by atoms with Crippen molar-refractivity contribution in [3.8, 4) is 0 Å². The molecule has 1 aromatic carbocycles. The van der Waals surface area contributed by atoms with Gasteiger partial charge in [-0.25, -0.2) is 0 Å². The van der Waals surface area contributed by atoms with E-state index in [-0.39, 0.29) is 0 Å². The lowest BCUT2D eigenvalue weighted by molar-refractivity contribution is 0.515. The summed E-state index contributed by atoms with van der Waals surface area (Å²) in [5.74, 6) is 3.84. The molecule has 140 valence electrons. The van der Waals surface area contributed by atoms with Crippen LogP contribution in [0.5, 0.6) is 0 Å². The van der Waals surface area contributed by atoms with Gasteiger partial charge in [0.15, 0.2) is 0 Å². The van der Waals surface area contributed by atoms with Crippen molar-refractivity contribution in [2.75, 3.05) is 0 Å². The molecule has 1 aromatic rings. The van der Waals surface area contributed by atoms with Crippen molar-refractivity contribution in [2.24, 2.45) is 23.7 Å². The molecule has 0 bridgehead atoms. The van der Waals surface area contributed by atoms with Gasteiger partial charge in [-0.2, -0.15) is 0 Å². The molecule has 0 spiro atoms. The van der Waals surface area contributed by atoms with Gasteiger partial charge in [-0.05, 0) is 59.1 Å². The second-order valence-corrected chi connectivity index (χ2v) is 14.9. The zero-order chi connectivity index (χ0) is 18.4. The van der Waals surface area contributed by atoms with Crippen molar-refractivity contribution in [3.63, 3.8) is 0 Å². The van der Waals surface area contributed by atoms with Gasteiger partial charge < -0.3 is 0 Å². The van der Waals surface area contributed by atoms with E-state index >= 15 is 0 Å². The van der Waals surface area contributed by atoms with Crippen molar-refractivity contribution in [3.05, 3.63) is 84.5 Å². The molecule has 7 unspecified atom stereocenters.